The number of methoxy groups -OCH3 is 1. The Bertz CT molecular complexity index is 295. The Kier molecular flexibility index (Phi) is 4.16. The van der Waals surface area contributed by atoms with Gasteiger partial charge in [-0.1, -0.05) is 0 Å². The van der Waals surface area contributed by atoms with E-state index < -0.39 is 31.7 Å². The zero-order chi connectivity index (χ0) is 12.6. The smallest absolute Gasteiger partial charge is 0.253 e. The van der Waals surface area contributed by atoms with E-state index in [4.69, 9.17) is 12.6 Å². The van der Waals surface area contributed by atoms with Crippen molar-refractivity contribution in [2.75, 3.05) is 20.4 Å². The summed E-state index contributed by atoms with van der Waals surface area (Å²) in [6.45, 7) is 0.612. The van der Waals surface area contributed by atoms with Gasteiger partial charge in [0.1, 0.15) is 21.5 Å². The van der Waals surface area contributed by atoms with Crippen molar-refractivity contribution in [3.05, 3.63) is 0 Å². The molecule has 5 atom stereocenters. The van der Waals surface area contributed by atoms with Crippen molar-refractivity contribution in [3.8, 4) is 0 Å². The topological polar surface area (TPSA) is 88.1 Å². The minimum atomic E-state index is -4.22. The van der Waals surface area contributed by atoms with Gasteiger partial charge in [-0.2, -0.15) is 0 Å². The van der Waals surface area contributed by atoms with Gasteiger partial charge in [0, 0.05) is 13.8 Å². The normalized spacial score (nSPS) is 43.2. The Morgan fingerprint density at radius 2 is 2.31 bits per heavy atom. The van der Waals surface area contributed by atoms with Crippen LogP contribution in [0.1, 0.15) is 0 Å². The van der Waals surface area contributed by atoms with Gasteiger partial charge in [0.05, 0.1) is 12.6 Å². The molecule has 6 nitrogen and oxygen atoms in total. The Balaban J connectivity index is 2.85. The lowest BCUT2D eigenvalue weighted by molar-refractivity contribution is -0.219. The fourth-order valence-electron chi connectivity index (χ4n) is 1.42. The summed E-state index contributed by atoms with van der Waals surface area (Å²) in [7, 11) is 2.25. The highest BCUT2D eigenvalue weighted by atomic mass is 31.2. The molecule has 1 saturated heterocycles. The highest BCUT2D eigenvalue weighted by Gasteiger charge is 2.56. The van der Waals surface area contributed by atoms with Crippen molar-refractivity contribution in [2.24, 2.45) is 0 Å². The van der Waals surface area contributed by atoms with Gasteiger partial charge < -0.3 is 28.6 Å². The summed E-state index contributed by atoms with van der Waals surface area (Å²) < 4.78 is 38.5. The maximum Gasteiger partial charge on any atom is 0.253 e. The van der Waals surface area contributed by atoms with Crippen LogP contribution in [0, 0.1) is 0 Å². The SMILES string of the molecule is [B][C@@H]1O[C@H](COC)[C@H](OP(C)(=O)[O-])C1(O)F. The lowest BCUT2D eigenvalue weighted by Gasteiger charge is -2.30. The Hall–Kier alpha value is 0.0249. The molecule has 1 heterocycles. The quantitative estimate of drug-likeness (QED) is 0.497. The summed E-state index contributed by atoms with van der Waals surface area (Å²) in [5.41, 5.74) is 0. The van der Waals surface area contributed by atoms with Crippen molar-refractivity contribution < 1.29 is 33.0 Å². The van der Waals surface area contributed by atoms with Gasteiger partial charge in [0.15, 0.2) is 6.10 Å². The van der Waals surface area contributed by atoms with Gasteiger partial charge in [-0.25, -0.2) is 4.39 Å². The van der Waals surface area contributed by atoms with Gasteiger partial charge in [0.25, 0.3) is 5.85 Å². The highest BCUT2D eigenvalue weighted by Crippen LogP contribution is 2.43. The molecule has 1 N–H and O–H groups in total. The summed E-state index contributed by atoms with van der Waals surface area (Å²) in [5.74, 6) is -3.07. The third kappa shape index (κ3) is 3.03. The zero-order valence-corrected chi connectivity index (χ0v) is 9.72. The van der Waals surface area contributed by atoms with E-state index >= 15 is 0 Å². The van der Waals surface area contributed by atoms with Crippen molar-refractivity contribution in [3.63, 3.8) is 0 Å². The van der Waals surface area contributed by atoms with Gasteiger partial charge in [-0.05, 0) is 0 Å². The third-order valence-electron chi connectivity index (χ3n) is 2.09. The summed E-state index contributed by atoms with van der Waals surface area (Å²) in [5, 5.41) is 9.33. The average molecular weight is 253 g/mol. The lowest BCUT2D eigenvalue weighted by atomic mass is 9.91. The van der Waals surface area contributed by atoms with Crippen LogP contribution in [0.4, 0.5) is 4.39 Å². The molecular weight excluding hydrogens is 241 g/mol. The van der Waals surface area contributed by atoms with Gasteiger partial charge in [-0.3, -0.25) is 0 Å². The van der Waals surface area contributed by atoms with Gasteiger partial charge >= 0.3 is 0 Å². The first-order chi connectivity index (χ1) is 7.18. The second-order valence-electron chi connectivity index (χ2n) is 3.58. The number of ether oxygens (including phenoxy) is 2. The lowest BCUT2D eigenvalue weighted by Crippen LogP contribution is -2.46. The number of rotatable bonds is 4. The Morgan fingerprint density at radius 1 is 1.75 bits per heavy atom. The number of hydrogen-bond acceptors (Lipinski definition) is 6. The van der Waals surface area contributed by atoms with Crippen LogP contribution in [0.15, 0.2) is 0 Å². The molecule has 2 unspecified atom stereocenters. The molecule has 1 aliphatic rings. The summed E-state index contributed by atoms with van der Waals surface area (Å²) >= 11 is 0. The zero-order valence-electron chi connectivity index (χ0n) is 8.83. The van der Waals surface area contributed by atoms with Gasteiger partial charge in [-0.15, -0.1) is 0 Å². The molecular formula is C7H12BFO6P-. The van der Waals surface area contributed by atoms with E-state index in [1.54, 1.807) is 0 Å². The third-order valence-corrected chi connectivity index (χ3v) is 2.70. The van der Waals surface area contributed by atoms with E-state index in [1.165, 1.54) is 7.11 Å². The summed E-state index contributed by atoms with van der Waals surface area (Å²) in [4.78, 5) is 10.9. The van der Waals surface area contributed by atoms with E-state index in [9.17, 15) is 19.0 Å². The van der Waals surface area contributed by atoms with Crippen LogP contribution in [0.2, 0.25) is 0 Å². The molecule has 1 aliphatic heterocycles. The molecule has 0 aromatic heterocycles. The predicted molar refractivity (Wildman–Crippen MR) is 50.8 cm³/mol. The van der Waals surface area contributed by atoms with Crippen LogP contribution >= 0.6 is 7.60 Å². The number of alkyl halides is 1. The molecule has 0 aliphatic carbocycles. The first-order valence-corrected chi connectivity index (χ1v) is 6.45. The monoisotopic (exact) mass is 253 g/mol. The standard InChI is InChI=1S/C7H13BFO6P/c1-13-3-4-5(15-16(2,11)12)7(9,10)6(8)14-4/h4-6,10H,3H2,1-2H3,(H,11,12)/p-1/t4-,5+,6-,7?/m1/s1. The van der Waals surface area contributed by atoms with Crippen LogP contribution in [0.5, 0.6) is 0 Å². The maximum atomic E-state index is 13.6. The predicted octanol–water partition coefficient (Wildman–Crippen LogP) is -1.25. The van der Waals surface area contributed by atoms with Crippen LogP contribution in [-0.4, -0.2) is 57.4 Å². The Labute approximate surface area is 93.6 Å². The first-order valence-electron chi connectivity index (χ1n) is 4.46. The molecule has 0 aromatic rings. The van der Waals surface area contributed by atoms with Crippen molar-refractivity contribution in [1.29, 1.82) is 0 Å². The molecule has 0 bridgehead atoms. The average Bonchev–Trinajstić information content (AvgIpc) is 2.28. The molecule has 92 valence electrons. The number of halogens is 1. The second-order valence-corrected chi connectivity index (χ2v) is 5.33. The van der Waals surface area contributed by atoms with E-state index in [2.05, 4.69) is 9.26 Å². The van der Waals surface area contributed by atoms with E-state index in [-0.39, 0.29) is 6.61 Å². The van der Waals surface area contributed by atoms with Crippen LogP contribution in [0.3, 0.4) is 0 Å². The molecule has 1 rings (SSSR count). The summed E-state index contributed by atoms with van der Waals surface area (Å²) in [6.07, 6.45) is -2.81. The van der Waals surface area contributed by atoms with Crippen molar-refractivity contribution >= 4 is 15.4 Å². The minimum absolute atomic E-state index is 0.148. The molecule has 2 radical (unpaired) electrons. The molecule has 1 fully saturated rings. The van der Waals surface area contributed by atoms with Crippen LogP contribution < -0.4 is 4.89 Å². The highest BCUT2D eigenvalue weighted by molar-refractivity contribution is 7.50. The molecule has 9 heteroatoms. The molecule has 0 aromatic carbocycles. The fraction of sp³-hybridized carbons (Fsp3) is 1.00. The molecule has 0 spiro atoms. The van der Waals surface area contributed by atoms with E-state index in [0.717, 1.165) is 6.66 Å². The number of aliphatic hydroxyl groups is 1. The second kappa shape index (κ2) is 4.72. The number of hydrogen-bond donors (Lipinski definition) is 1. The van der Waals surface area contributed by atoms with E-state index in [0.29, 0.717) is 0 Å². The molecule has 0 saturated carbocycles. The maximum absolute atomic E-state index is 13.6. The van der Waals surface area contributed by atoms with E-state index in [1.807, 2.05) is 0 Å². The van der Waals surface area contributed by atoms with Crippen molar-refractivity contribution in [1.82, 2.24) is 0 Å². The summed E-state index contributed by atoms with van der Waals surface area (Å²) in [6, 6.07) is -1.68. The molecule has 0 amide bonds. The van der Waals surface area contributed by atoms with Gasteiger partial charge in [0.2, 0.25) is 0 Å². The first kappa shape index (κ1) is 14.1. The largest absolute Gasteiger partial charge is 0.779 e. The van der Waals surface area contributed by atoms with Crippen LogP contribution in [0.25, 0.3) is 0 Å². The molecule has 16 heavy (non-hydrogen) atoms. The Morgan fingerprint density at radius 3 is 2.75 bits per heavy atom. The van der Waals surface area contributed by atoms with Crippen LogP contribution in [-0.2, 0) is 18.6 Å². The fourth-order valence-corrected chi connectivity index (χ4v) is 2.11. The van der Waals surface area contributed by atoms with Crippen molar-refractivity contribution in [2.45, 2.75) is 24.1 Å². The minimum Gasteiger partial charge on any atom is -0.779 e.